The van der Waals surface area contributed by atoms with Crippen LogP contribution in [0.3, 0.4) is 0 Å². The van der Waals surface area contributed by atoms with E-state index in [1.165, 1.54) is 0 Å². The van der Waals surface area contributed by atoms with Crippen molar-refractivity contribution >= 4 is 34.2 Å². The molecule has 0 aliphatic carbocycles. The van der Waals surface area contributed by atoms with Crippen LogP contribution in [0.15, 0.2) is 67.8 Å². The van der Waals surface area contributed by atoms with Gasteiger partial charge in [0, 0.05) is 25.4 Å². The molecule has 2 bridgehead atoms. The zero-order valence-electron chi connectivity index (χ0n) is 26.8. The molecule has 6 atom stereocenters. The first-order valence-electron chi connectivity index (χ1n) is 16.5. The van der Waals surface area contributed by atoms with E-state index >= 15 is 0 Å². The topological polar surface area (TPSA) is 96.4 Å². The van der Waals surface area contributed by atoms with Gasteiger partial charge in [-0.05, 0) is 74.3 Å². The van der Waals surface area contributed by atoms with Crippen molar-refractivity contribution in [3.8, 4) is 0 Å². The number of likely N-dealkylation sites (tertiary alicyclic amines) is 1. The maximum absolute atomic E-state index is 14.9. The van der Waals surface area contributed by atoms with Gasteiger partial charge >= 0.3 is 5.97 Å². The Morgan fingerprint density at radius 1 is 1.07 bits per heavy atom. The van der Waals surface area contributed by atoms with Gasteiger partial charge in [0.2, 0.25) is 5.91 Å². The summed E-state index contributed by atoms with van der Waals surface area (Å²) in [4.78, 5) is 46.5. The van der Waals surface area contributed by atoms with Gasteiger partial charge in [0.05, 0.1) is 18.1 Å². The molecule has 1 spiro atoms. The van der Waals surface area contributed by atoms with E-state index in [1.54, 1.807) is 15.9 Å². The molecular weight excluding hydrogens is 568 g/mol. The van der Waals surface area contributed by atoms with Gasteiger partial charge in [0.25, 0.3) is 5.91 Å². The van der Waals surface area contributed by atoms with Crippen LogP contribution in [0.2, 0.25) is 0 Å². The smallest absolute Gasteiger partial charge is 0.312 e. The molecule has 242 valence electrons. The molecule has 2 aromatic rings. The molecule has 2 amide bonds. The molecule has 8 heteroatoms. The summed E-state index contributed by atoms with van der Waals surface area (Å²) in [7, 11) is 0. The number of nitrogens with zero attached hydrogens (tertiary/aromatic N) is 2. The Balaban J connectivity index is 1.51. The van der Waals surface area contributed by atoms with Gasteiger partial charge in [0.1, 0.15) is 17.6 Å². The molecule has 1 N–H and O–H groups in total. The Morgan fingerprint density at radius 2 is 1.82 bits per heavy atom. The number of unbranched alkanes of at least 4 members (excludes halogenated alkanes) is 5. The fourth-order valence-electron chi connectivity index (χ4n) is 7.96. The Labute approximate surface area is 267 Å². The lowest BCUT2D eigenvalue weighted by atomic mass is 9.62. The molecule has 0 saturated carbocycles. The maximum Gasteiger partial charge on any atom is 0.312 e. The Hall–Kier alpha value is -3.49. The average molecular weight is 617 g/mol. The van der Waals surface area contributed by atoms with Crippen LogP contribution < -0.4 is 4.90 Å². The van der Waals surface area contributed by atoms with E-state index in [2.05, 4.69) is 13.2 Å². The van der Waals surface area contributed by atoms with E-state index in [9.17, 15) is 19.5 Å². The van der Waals surface area contributed by atoms with Crippen molar-refractivity contribution in [3.63, 3.8) is 0 Å². The molecule has 3 aliphatic heterocycles. The minimum atomic E-state index is -1.14. The molecule has 3 heterocycles. The number of esters is 1. The lowest BCUT2D eigenvalue weighted by molar-refractivity contribution is -0.161. The van der Waals surface area contributed by atoms with Gasteiger partial charge in [0.15, 0.2) is 0 Å². The Morgan fingerprint density at radius 3 is 2.56 bits per heavy atom. The van der Waals surface area contributed by atoms with Gasteiger partial charge in [-0.1, -0.05) is 62.2 Å². The number of aliphatic hydroxyl groups excluding tert-OH is 1. The number of benzene rings is 2. The summed E-state index contributed by atoms with van der Waals surface area (Å²) in [6.45, 7) is 12.7. The van der Waals surface area contributed by atoms with Gasteiger partial charge in [-0.25, -0.2) is 0 Å². The van der Waals surface area contributed by atoms with Crippen LogP contribution in [0.1, 0.15) is 65.2 Å². The van der Waals surface area contributed by atoms with Crippen molar-refractivity contribution in [2.24, 2.45) is 17.8 Å². The summed E-state index contributed by atoms with van der Waals surface area (Å²) in [5.41, 5.74) is -1.34. The first-order chi connectivity index (χ1) is 21.7. The number of hydrogen-bond donors (Lipinski definition) is 1. The normalized spacial score (nSPS) is 28.3. The molecule has 45 heavy (non-hydrogen) atoms. The predicted octanol–water partition coefficient (Wildman–Crippen LogP) is 5.82. The van der Waals surface area contributed by atoms with Crippen LogP contribution in [0.5, 0.6) is 0 Å². The molecule has 0 aromatic heterocycles. The fraction of sp³-hybridized carbons (Fsp3) is 0.541. The third-order valence-electron chi connectivity index (χ3n) is 10.3. The largest absolute Gasteiger partial charge is 0.465 e. The average Bonchev–Trinajstić information content (AvgIpc) is 3.55. The second-order valence-corrected chi connectivity index (χ2v) is 13.1. The van der Waals surface area contributed by atoms with E-state index < -0.39 is 35.0 Å². The zero-order valence-corrected chi connectivity index (χ0v) is 26.8. The summed E-state index contributed by atoms with van der Waals surface area (Å²) in [6, 6.07) is 13.0. The van der Waals surface area contributed by atoms with Crippen molar-refractivity contribution in [1.29, 1.82) is 0 Å². The summed E-state index contributed by atoms with van der Waals surface area (Å²) < 4.78 is 12.7. The lowest BCUT2D eigenvalue weighted by Gasteiger charge is -2.37. The summed E-state index contributed by atoms with van der Waals surface area (Å²) in [6.07, 6.45) is 9.49. The van der Waals surface area contributed by atoms with E-state index in [0.717, 1.165) is 42.1 Å². The van der Waals surface area contributed by atoms with Crippen molar-refractivity contribution in [1.82, 2.24) is 4.90 Å². The second kappa shape index (κ2) is 13.9. The van der Waals surface area contributed by atoms with Crippen LogP contribution in [0.25, 0.3) is 10.8 Å². The Bertz CT molecular complexity index is 1420. The number of ether oxygens (including phenoxy) is 2. The molecule has 5 rings (SSSR count). The van der Waals surface area contributed by atoms with E-state index in [-0.39, 0.29) is 37.5 Å². The van der Waals surface area contributed by atoms with Crippen LogP contribution in [0, 0.1) is 17.8 Å². The van der Waals surface area contributed by atoms with Crippen molar-refractivity contribution in [3.05, 3.63) is 67.8 Å². The number of rotatable bonds is 16. The number of anilines is 1. The maximum atomic E-state index is 14.9. The predicted molar refractivity (Wildman–Crippen MR) is 176 cm³/mol. The van der Waals surface area contributed by atoms with Crippen LogP contribution in [0.4, 0.5) is 5.69 Å². The third kappa shape index (κ3) is 5.95. The summed E-state index contributed by atoms with van der Waals surface area (Å²) in [5.74, 6) is -2.52. The van der Waals surface area contributed by atoms with Gasteiger partial charge in [-0.2, -0.15) is 0 Å². The zero-order chi connectivity index (χ0) is 32.2. The van der Waals surface area contributed by atoms with E-state index in [0.29, 0.717) is 32.2 Å². The van der Waals surface area contributed by atoms with Crippen molar-refractivity contribution < 1.29 is 29.0 Å². The third-order valence-corrected chi connectivity index (χ3v) is 10.3. The summed E-state index contributed by atoms with van der Waals surface area (Å²) >= 11 is 0. The molecule has 3 aliphatic rings. The number of allylic oxidation sites excluding steroid dienone is 1. The highest BCUT2D eigenvalue weighted by atomic mass is 16.6. The van der Waals surface area contributed by atoms with Crippen LogP contribution in [-0.2, 0) is 23.9 Å². The monoisotopic (exact) mass is 616 g/mol. The van der Waals surface area contributed by atoms with Crippen LogP contribution >= 0.6 is 0 Å². The number of amides is 2. The molecule has 8 nitrogen and oxygen atoms in total. The number of carbonyl (C=O) groups excluding carboxylic acids is 3. The van der Waals surface area contributed by atoms with E-state index in [4.69, 9.17) is 9.47 Å². The molecule has 0 radical (unpaired) electrons. The number of hydrogen-bond acceptors (Lipinski definition) is 6. The number of fused-ring (bicyclic) bond motifs is 2. The Kier molecular flexibility index (Phi) is 10.1. The first kappa shape index (κ1) is 32.9. The SMILES string of the molecule is C=CCCCCOC(=O)[C@@H]1[C@H]2C(=O)N(CCCCCCO)C(C(=O)N(CC=C)c3ccc4ccccc4c3)C23CC(C)[C@@]1(C)O3. The standard InChI is InChI=1S/C37H48N2O6/c1-5-7-8-15-23-44-35(43)31-30-33(41)39(21-13-9-10-14-22-40)32(37(30)25-26(3)36(31,4)45-37)34(42)38(20-6-2)29-19-18-27-16-11-12-17-28(27)24-29/h5-6,11-12,16-19,24,26,30-32,40H,1-2,7-10,13-15,20-23,25H2,3-4H3/t26?,30-,31-,32?,36+,37?/m0/s1. The number of aliphatic hydroxyl groups is 1. The second-order valence-electron chi connectivity index (χ2n) is 13.1. The lowest BCUT2D eigenvalue weighted by Crippen LogP contribution is -2.57. The highest BCUT2D eigenvalue weighted by Crippen LogP contribution is 2.65. The minimum absolute atomic E-state index is 0.0619. The van der Waals surface area contributed by atoms with Crippen molar-refractivity contribution in [2.45, 2.75) is 82.5 Å². The van der Waals surface area contributed by atoms with Crippen LogP contribution in [-0.4, -0.2) is 71.3 Å². The first-order valence-corrected chi connectivity index (χ1v) is 16.5. The molecular formula is C37H48N2O6. The number of carbonyl (C=O) groups is 3. The molecule has 3 unspecified atom stereocenters. The van der Waals surface area contributed by atoms with Gasteiger partial charge in [-0.3, -0.25) is 14.4 Å². The molecule has 2 aromatic carbocycles. The quantitative estimate of drug-likeness (QED) is 0.145. The fourth-order valence-corrected chi connectivity index (χ4v) is 7.96. The summed E-state index contributed by atoms with van der Waals surface area (Å²) in [5, 5.41) is 11.3. The van der Waals surface area contributed by atoms with Crippen molar-refractivity contribution in [2.75, 3.05) is 31.2 Å². The van der Waals surface area contributed by atoms with Gasteiger partial charge in [-0.15, -0.1) is 13.2 Å². The molecule has 3 saturated heterocycles. The highest BCUT2D eigenvalue weighted by Gasteiger charge is 2.80. The van der Waals surface area contributed by atoms with Gasteiger partial charge < -0.3 is 24.4 Å². The highest BCUT2D eigenvalue weighted by molar-refractivity contribution is 6.05. The minimum Gasteiger partial charge on any atom is -0.465 e. The van der Waals surface area contributed by atoms with E-state index in [1.807, 2.05) is 62.4 Å². The molecule has 3 fully saturated rings.